The van der Waals surface area contributed by atoms with Crippen molar-refractivity contribution in [2.75, 3.05) is 7.05 Å². The van der Waals surface area contributed by atoms with Gasteiger partial charge in [-0.25, -0.2) is 0 Å². The molecule has 6 aliphatic heterocycles. The Hall–Kier alpha value is -2.12. The van der Waals surface area contributed by atoms with Crippen LogP contribution in [0.2, 0.25) is 0 Å². The van der Waals surface area contributed by atoms with Gasteiger partial charge in [0.25, 0.3) is 0 Å². The summed E-state index contributed by atoms with van der Waals surface area (Å²) in [5.74, 6) is 0.158. The van der Waals surface area contributed by atoms with E-state index in [0.29, 0.717) is 0 Å². The lowest BCUT2D eigenvalue weighted by Crippen LogP contribution is -2.48. The Balaban J connectivity index is 1.18. The zero-order chi connectivity index (χ0) is 22.3. The lowest BCUT2D eigenvalue weighted by Gasteiger charge is -2.32. The second-order valence-corrected chi connectivity index (χ2v) is 11.0. The van der Waals surface area contributed by atoms with Crippen LogP contribution in [-0.2, 0) is 19.2 Å². The van der Waals surface area contributed by atoms with Crippen molar-refractivity contribution in [1.82, 2.24) is 20.0 Å². The smallest absolute Gasteiger partial charge is 0.228 e. The van der Waals surface area contributed by atoms with Gasteiger partial charge in [0.2, 0.25) is 23.6 Å². The highest BCUT2D eigenvalue weighted by Crippen LogP contribution is 2.50. The average Bonchev–Trinajstić information content (AvgIpc) is 3.62. The summed E-state index contributed by atoms with van der Waals surface area (Å²) in [6, 6.07) is 0.593. The second kappa shape index (κ2) is 7.19. The maximum Gasteiger partial charge on any atom is 0.228 e. The Morgan fingerprint density at radius 1 is 0.625 bits per heavy atom. The zero-order valence-electron chi connectivity index (χ0n) is 19.0. The molecule has 6 saturated heterocycles. The van der Waals surface area contributed by atoms with Crippen LogP contribution in [0.3, 0.4) is 0 Å². The fourth-order valence-electron chi connectivity index (χ4n) is 8.52. The topological polar surface area (TPSA) is 90.0 Å². The number of carbonyl (C=O) groups is 4. The van der Waals surface area contributed by atoms with Gasteiger partial charge in [-0.3, -0.25) is 19.2 Å². The summed E-state index contributed by atoms with van der Waals surface area (Å²) < 4.78 is 0. The third-order valence-corrected chi connectivity index (χ3v) is 9.70. The van der Waals surface area contributed by atoms with E-state index in [1.54, 1.807) is 14.0 Å². The monoisotopic (exact) mass is 442 g/mol. The van der Waals surface area contributed by atoms with E-state index in [2.05, 4.69) is 10.2 Å². The molecule has 174 valence electrons. The van der Waals surface area contributed by atoms with E-state index in [-0.39, 0.29) is 77.6 Å². The highest BCUT2D eigenvalue weighted by molar-refractivity contribution is 5.88. The number of hydrogen-bond donors (Lipinski definition) is 1. The molecule has 1 N–H and O–H groups in total. The standard InChI is InChI=1S/C24H34N4O4/c1-12(29)26-13-3-7-20(26)17(10-13)23(31)28-15-5-8-21(28)18(11-15)24(32)27-14-4-6-19(27)16(9-14)22(30)25-2/h13-21H,3-11H2,1-2H3,(H,25,30)/t13-,14-,15-,16+,17+,18+,19+,20+,21+/m1/s1. The molecule has 6 rings (SSSR count). The molecule has 0 saturated carbocycles. The molecule has 0 aromatic heterocycles. The first-order chi connectivity index (χ1) is 15.4. The van der Waals surface area contributed by atoms with E-state index in [1.165, 1.54) is 0 Å². The third-order valence-electron chi connectivity index (χ3n) is 9.70. The molecular weight excluding hydrogens is 408 g/mol. The summed E-state index contributed by atoms with van der Waals surface area (Å²) >= 11 is 0. The van der Waals surface area contributed by atoms with Gasteiger partial charge in [0.15, 0.2) is 0 Å². The molecule has 9 atom stereocenters. The Labute approximate surface area is 189 Å². The Morgan fingerprint density at radius 2 is 1.03 bits per heavy atom. The van der Waals surface area contributed by atoms with Gasteiger partial charge in [-0.2, -0.15) is 0 Å². The number of nitrogens with one attached hydrogen (secondary N) is 1. The average molecular weight is 443 g/mol. The van der Waals surface area contributed by atoms with Crippen LogP contribution in [0.15, 0.2) is 0 Å². The van der Waals surface area contributed by atoms with Gasteiger partial charge < -0.3 is 20.0 Å². The van der Waals surface area contributed by atoms with E-state index in [9.17, 15) is 19.2 Å². The number of carbonyl (C=O) groups excluding carboxylic acids is 4. The molecule has 6 heterocycles. The molecule has 6 fully saturated rings. The van der Waals surface area contributed by atoms with Crippen molar-refractivity contribution in [3.05, 3.63) is 0 Å². The van der Waals surface area contributed by atoms with Crippen LogP contribution >= 0.6 is 0 Å². The molecule has 8 nitrogen and oxygen atoms in total. The minimum absolute atomic E-state index is 0.0108. The van der Waals surface area contributed by atoms with Gasteiger partial charge in [0.1, 0.15) is 0 Å². The van der Waals surface area contributed by atoms with Crippen molar-refractivity contribution in [3.63, 3.8) is 0 Å². The van der Waals surface area contributed by atoms with Crippen molar-refractivity contribution in [1.29, 1.82) is 0 Å². The third kappa shape index (κ3) is 2.67. The van der Waals surface area contributed by atoms with Crippen molar-refractivity contribution >= 4 is 23.6 Å². The minimum atomic E-state index is -0.133. The van der Waals surface area contributed by atoms with Crippen LogP contribution < -0.4 is 5.32 Å². The SMILES string of the molecule is CNC(=O)[C@H]1C[C@H]2CC[C@@H]1N2C(=O)[C@H]1C[C@H]2CC[C@@H]1N2C(=O)[C@H]1C[C@H]2CC[C@@H]1N2C(C)=O. The quantitative estimate of drug-likeness (QED) is 0.703. The van der Waals surface area contributed by atoms with Crippen LogP contribution in [0.4, 0.5) is 0 Å². The number of fused-ring (bicyclic) bond motifs is 6. The predicted octanol–water partition coefficient (Wildman–Crippen LogP) is 0.891. The highest BCUT2D eigenvalue weighted by atomic mass is 16.2. The molecule has 6 bridgehead atoms. The largest absolute Gasteiger partial charge is 0.359 e. The molecule has 0 aromatic carbocycles. The van der Waals surface area contributed by atoms with Crippen LogP contribution in [0.25, 0.3) is 0 Å². The van der Waals surface area contributed by atoms with E-state index in [0.717, 1.165) is 57.8 Å². The Morgan fingerprint density at radius 3 is 1.47 bits per heavy atom. The van der Waals surface area contributed by atoms with Gasteiger partial charge in [0, 0.05) is 50.2 Å². The molecule has 0 spiro atoms. The number of hydrogen-bond acceptors (Lipinski definition) is 4. The van der Waals surface area contributed by atoms with Crippen molar-refractivity contribution in [3.8, 4) is 0 Å². The molecule has 8 heteroatoms. The van der Waals surface area contributed by atoms with Crippen LogP contribution in [-0.4, -0.2) is 81.6 Å². The second-order valence-electron chi connectivity index (χ2n) is 11.0. The highest BCUT2D eigenvalue weighted by Gasteiger charge is 2.59. The van der Waals surface area contributed by atoms with Gasteiger partial charge in [0.05, 0.1) is 17.8 Å². The predicted molar refractivity (Wildman–Crippen MR) is 115 cm³/mol. The molecule has 0 aliphatic carbocycles. The molecule has 4 amide bonds. The molecule has 0 aromatic rings. The van der Waals surface area contributed by atoms with E-state index in [1.807, 2.05) is 9.80 Å². The van der Waals surface area contributed by atoms with E-state index >= 15 is 0 Å². The molecular formula is C24H34N4O4. The van der Waals surface area contributed by atoms with Crippen LogP contribution in [0, 0.1) is 17.8 Å². The molecule has 32 heavy (non-hydrogen) atoms. The Kier molecular flexibility index (Phi) is 4.60. The lowest BCUT2D eigenvalue weighted by atomic mass is 9.87. The fourth-order valence-corrected chi connectivity index (χ4v) is 8.52. The minimum Gasteiger partial charge on any atom is -0.359 e. The van der Waals surface area contributed by atoms with E-state index < -0.39 is 0 Å². The van der Waals surface area contributed by atoms with Crippen molar-refractivity contribution in [2.24, 2.45) is 17.8 Å². The first kappa shape index (κ1) is 20.5. The van der Waals surface area contributed by atoms with Gasteiger partial charge >= 0.3 is 0 Å². The number of amides is 4. The summed E-state index contributed by atoms with van der Waals surface area (Å²) in [5.41, 5.74) is 0. The maximum absolute atomic E-state index is 13.7. The molecule has 6 aliphatic rings. The van der Waals surface area contributed by atoms with Crippen LogP contribution in [0.5, 0.6) is 0 Å². The summed E-state index contributed by atoms with van der Waals surface area (Å²) in [5, 5.41) is 2.77. The summed E-state index contributed by atoms with van der Waals surface area (Å²) in [6.07, 6.45) is 8.00. The lowest BCUT2D eigenvalue weighted by molar-refractivity contribution is -0.140. The summed E-state index contributed by atoms with van der Waals surface area (Å²) in [6.45, 7) is 1.61. The molecule has 0 unspecified atom stereocenters. The van der Waals surface area contributed by atoms with Gasteiger partial charge in [-0.15, -0.1) is 0 Å². The number of rotatable bonds is 3. The fraction of sp³-hybridized carbons (Fsp3) is 0.833. The summed E-state index contributed by atoms with van der Waals surface area (Å²) in [4.78, 5) is 57.9. The first-order valence-electron chi connectivity index (χ1n) is 12.6. The van der Waals surface area contributed by atoms with Crippen LogP contribution in [0.1, 0.15) is 64.7 Å². The normalized spacial score (nSPS) is 43.4. The number of nitrogens with zero attached hydrogens (tertiary/aromatic N) is 3. The first-order valence-corrected chi connectivity index (χ1v) is 12.6. The van der Waals surface area contributed by atoms with Gasteiger partial charge in [-0.05, 0) is 57.8 Å². The van der Waals surface area contributed by atoms with E-state index in [4.69, 9.17) is 0 Å². The van der Waals surface area contributed by atoms with Gasteiger partial charge in [-0.1, -0.05) is 0 Å². The summed E-state index contributed by atoms with van der Waals surface area (Å²) in [7, 11) is 1.67. The maximum atomic E-state index is 13.7. The van der Waals surface area contributed by atoms with Crippen molar-refractivity contribution in [2.45, 2.75) is 101 Å². The Bertz CT molecular complexity index is 876. The zero-order valence-corrected chi connectivity index (χ0v) is 19.0. The van der Waals surface area contributed by atoms with Crippen molar-refractivity contribution < 1.29 is 19.2 Å². The molecule has 0 radical (unpaired) electrons.